The number of carbonyl (C=O) groups excluding carboxylic acids is 3. The van der Waals surface area contributed by atoms with E-state index in [1.54, 1.807) is 26.8 Å². The van der Waals surface area contributed by atoms with Crippen LogP contribution in [-0.4, -0.2) is 98.2 Å². The Labute approximate surface area is 257 Å². The molecule has 0 aromatic carbocycles. The Morgan fingerprint density at radius 3 is 2.47 bits per heavy atom. The Kier molecular flexibility index (Phi) is 5.24. The zero-order valence-electron chi connectivity index (χ0n) is 25.6. The lowest BCUT2D eigenvalue weighted by atomic mass is 9.34. The van der Waals surface area contributed by atoms with Gasteiger partial charge in [-0.2, -0.15) is 0 Å². The Balaban J connectivity index is 1.48. The summed E-state index contributed by atoms with van der Waals surface area (Å²) >= 11 is 0. The number of hydrogen-bond acceptors (Lipinski definition) is 14. The highest BCUT2D eigenvalue weighted by Crippen LogP contribution is 2.87. The van der Waals surface area contributed by atoms with Crippen LogP contribution < -0.4 is 0 Å². The van der Waals surface area contributed by atoms with Crippen LogP contribution in [0.25, 0.3) is 0 Å². The van der Waals surface area contributed by atoms with Gasteiger partial charge in [-0.25, -0.2) is 9.59 Å². The van der Waals surface area contributed by atoms with Gasteiger partial charge in [-0.05, 0) is 25.0 Å². The first kappa shape index (κ1) is 29.5. The third-order valence-corrected chi connectivity index (χ3v) is 12.9. The molecule has 0 radical (unpaired) electrons. The monoisotopic (exact) mass is 632 g/mol. The normalized spacial score (nSPS) is 55.4. The van der Waals surface area contributed by atoms with Gasteiger partial charge in [0.25, 0.3) is 5.97 Å². The molecule has 14 nitrogen and oxygen atoms in total. The molecule has 7 aliphatic rings. The molecule has 4 N–H and O–H groups in total. The molecule has 1 spiro atoms. The molecular formula is C31H36O14. The van der Waals surface area contributed by atoms with Crippen molar-refractivity contribution in [1.29, 1.82) is 0 Å². The van der Waals surface area contributed by atoms with Crippen molar-refractivity contribution in [2.45, 2.75) is 106 Å². The predicted octanol–water partition coefficient (Wildman–Crippen LogP) is 0.159. The van der Waals surface area contributed by atoms with Crippen molar-refractivity contribution in [3.8, 4) is 0 Å². The van der Waals surface area contributed by atoms with Gasteiger partial charge in [-0.15, -0.1) is 0 Å². The van der Waals surface area contributed by atoms with Gasteiger partial charge < -0.3 is 53.3 Å². The molecule has 45 heavy (non-hydrogen) atoms. The topological polar surface area (TPSA) is 201 Å². The summed E-state index contributed by atoms with van der Waals surface area (Å²) in [7, 11) is 1.10. The number of methoxy groups -OCH3 is 1. The second-order valence-electron chi connectivity index (χ2n) is 14.6. The van der Waals surface area contributed by atoms with Crippen LogP contribution >= 0.6 is 0 Å². The van der Waals surface area contributed by atoms with Crippen molar-refractivity contribution in [3.63, 3.8) is 0 Å². The van der Waals surface area contributed by atoms with E-state index in [1.807, 2.05) is 0 Å². The second kappa shape index (κ2) is 7.98. The molecule has 2 saturated heterocycles. The number of aliphatic hydroxyl groups is 4. The van der Waals surface area contributed by atoms with Crippen molar-refractivity contribution >= 4 is 17.9 Å². The molecule has 14 atom stereocenters. The summed E-state index contributed by atoms with van der Waals surface area (Å²) in [4.78, 5) is 39.3. The SMILES string of the molecule is COC(=O)C(O)C1C2(C)CC3(O)C(O)(C2O)C2OC4(C)OC25C2=CC(=O)OC(c6ccoc6)C2(C)C(OC(C)=O)CC5(O4)C13C. The summed E-state index contributed by atoms with van der Waals surface area (Å²) in [6, 6.07) is 1.61. The van der Waals surface area contributed by atoms with Gasteiger partial charge in [0.2, 0.25) is 0 Å². The highest BCUT2D eigenvalue weighted by molar-refractivity contribution is 5.86. The molecule has 0 amide bonds. The van der Waals surface area contributed by atoms with E-state index in [9.17, 15) is 34.8 Å². The molecule has 4 aliphatic carbocycles. The second-order valence-corrected chi connectivity index (χ2v) is 14.6. The van der Waals surface area contributed by atoms with E-state index < -0.39 is 99.0 Å². The average molecular weight is 633 g/mol. The summed E-state index contributed by atoms with van der Waals surface area (Å²) in [6.07, 6.45) is -3.88. The molecule has 1 aromatic heterocycles. The van der Waals surface area contributed by atoms with E-state index in [0.717, 1.165) is 7.11 Å². The minimum absolute atomic E-state index is 0.178. The van der Waals surface area contributed by atoms with Gasteiger partial charge >= 0.3 is 17.9 Å². The predicted molar refractivity (Wildman–Crippen MR) is 143 cm³/mol. The van der Waals surface area contributed by atoms with E-state index in [2.05, 4.69) is 0 Å². The van der Waals surface area contributed by atoms with Crippen LogP contribution in [0.5, 0.6) is 0 Å². The van der Waals surface area contributed by atoms with Crippen LogP contribution in [-0.2, 0) is 42.8 Å². The Hall–Kier alpha value is -2.85. The molecule has 14 heteroatoms. The highest BCUT2D eigenvalue weighted by Gasteiger charge is 3.02. The van der Waals surface area contributed by atoms with Crippen LogP contribution in [0, 0.1) is 22.2 Å². The lowest BCUT2D eigenvalue weighted by molar-refractivity contribution is -0.449. The van der Waals surface area contributed by atoms with Crippen molar-refractivity contribution in [1.82, 2.24) is 0 Å². The van der Waals surface area contributed by atoms with Crippen LogP contribution in [0.1, 0.15) is 59.1 Å². The summed E-state index contributed by atoms with van der Waals surface area (Å²) in [5.41, 5.74) is -12.6. The summed E-state index contributed by atoms with van der Waals surface area (Å²) in [6.45, 7) is 7.56. The maximum atomic E-state index is 13.5. The van der Waals surface area contributed by atoms with E-state index in [0.29, 0.717) is 5.56 Å². The molecule has 1 aromatic rings. The molecule has 4 heterocycles. The van der Waals surface area contributed by atoms with Gasteiger partial charge in [0.05, 0.1) is 31.2 Å². The Bertz CT molecular complexity index is 1590. The zero-order chi connectivity index (χ0) is 32.5. The molecular weight excluding hydrogens is 596 g/mol. The van der Waals surface area contributed by atoms with Gasteiger partial charge in [0.15, 0.2) is 11.7 Å². The van der Waals surface area contributed by atoms with Crippen LogP contribution in [0.15, 0.2) is 34.7 Å². The summed E-state index contributed by atoms with van der Waals surface area (Å²) < 4.78 is 42.0. The third kappa shape index (κ3) is 2.65. The number of ether oxygens (including phenoxy) is 6. The lowest BCUT2D eigenvalue weighted by Gasteiger charge is -2.76. The van der Waals surface area contributed by atoms with Gasteiger partial charge in [0, 0.05) is 48.7 Å². The zero-order valence-corrected chi connectivity index (χ0v) is 25.6. The molecule has 4 bridgehead atoms. The van der Waals surface area contributed by atoms with E-state index in [1.165, 1.54) is 32.4 Å². The van der Waals surface area contributed by atoms with Gasteiger partial charge in [-0.1, -0.05) is 13.8 Å². The van der Waals surface area contributed by atoms with E-state index >= 15 is 0 Å². The van der Waals surface area contributed by atoms with Crippen LogP contribution in [0.3, 0.4) is 0 Å². The largest absolute Gasteiger partial charge is 0.472 e. The van der Waals surface area contributed by atoms with Gasteiger partial charge in [-0.3, -0.25) is 4.79 Å². The lowest BCUT2D eigenvalue weighted by Crippen LogP contribution is -2.93. The number of carbonyl (C=O) groups is 3. The first-order valence-electron chi connectivity index (χ1n) is 15.0. The highest BCUT2D eigenvalue weighted by atomic mass is 16.9. The Morgan fingerprint density at radius 1 is 1.13 bits per heavy atom. The first-order valence-corrected chi connectivity index (χ1v) is 15.0. The van der Waals surface area contributed by atoms with Crippen LogP contribution in [0.4, 0.5) is 0 Å². The fourth-order valence-electron chi connectivity index (χ4n) is 11.5. The minimum atomic E-state index is -2.46. The van der Waals surface area contributed by atoms with Crippen molar-refractivity contribution in [2.75, 3.05) is 7.11 Å². The van der Waals surface area contributed by atoms with E-state index in [-0.39, 0.29) is 18.4 Å². The number of furan rings is 1. The molecule has 3 aliphatic heterocycles. The maximum absolute atomic E-state index is 13.5. The van der Waals surface area contributed by atoms with Crippen molar-refractivity contribution < 1.29 is 67.6 Å². The fraction of sp³-hybridized carbons (Fsp3) is 0.710. The van der Waals surface area contributed by atoms with Crippen molar-refractivity contribution in [2.24, 2.45) is 22.2 Å². The molecule has 6 fully saturated rings. The molecule has 8 rings (SSSR count). The number of aliphatic hydroxyl groups excluding tert-OH is 2. The minimum Gasteiger partial charge on any atom is -0.472 e. The van der Waals surface area contributed by atoms with Crippen LogP contribution in [0.2, 0.25) is 0 Å². The summed E-state index contributed by atoms with van der Waals surface area (Å²) in [5.74, 6) is -5.67. The number of rotatable bonds is 4. The maximum Gasteiger partial charge on any atom is 0.335 e. The van der Waals surface area contributed by atoms with Gasteiger partial charge in [0.1, 0.15) is 35.1 Å². The standard InChI is InChI=1S/C31H36O14/c1-13(32)41-16-10-29-26(4)19(18(34)21(35)39-6)24(2)12-28(26,37)30(38,22(24)36)23-31(29,45-27(5,43-23)44-29)15-9-17(33)42-20(25(15,16)3)14-7-8-40-11-14/h7-9,11,16,18-20,22-23,34,36-38H,10,12H2,1-6H3. The molecule has 4 saturated carbocycles. The average Bonchev–Trinajstić information content (AvgIpc) is 3.73. The first-order chi connectivity index (χ1) is 20.9. The molecule has 14 unspecified atom stereocenters. The fourth-order valence-corrected chi connectivity index (χ4v) is 11.5. The van der Waals surface area contributed by atoms with Crippen molar-refractivity contribution in [3.05, 3.63) is 35.8 Å². The Morgan fingerprint density at radius 2 is 1.84 bits per heavy atom. The number of esters is 3. The smallest absolute Gasteiger partial charge is 0.335 e. The quantitative estimate of drug-likeness (QED) is 0.258. The number of hydrogen-bond donors (Lipinski definition) is 4. The molecule has 244 valence electrons. The third-order valence-electron chi connectivity index (χ3n) is 12.9. The van der Waals surface area contributed by atoms with E-state index in [4.69, 9.17) is 32.8 Å². The summed E-state index contributed by atoms with van der Waals surface area (Å²) in [5, 5.41) is 49.4. The number of fused-ring (bicyclic) bond motifs is 4. The number of cyclic esters (lactones) is 1.